The molecule has 20 heavy (non-hydrogen) atoms. The summed E-state index contributed by atoms with van der Waals surface area (Å²) in [7, 11) is 0. The number of rotatable bonds is 4. The molecule has 1 aromatic rings. The van der Waals surface area contributed by atoms with Crippen LogP contribution < -0.4 is 16.2 Å². The van der Waals surface area contributed by atoms with Crippen LogP contribution in [0.4, 0.5) is 4.79 Å². The molecule has 0 bridgehead atoms. The highest BCUT2D eigenvalue weighted by Crippen LogP contribution is 2.14. The monoisotopic (exact) mass is 320 g/mol. The van der Waals surface area contributed by atoms with E-state index in [1.165, 1.54) is 0 Å². The van der Waals surface area contributed by atoms with Gasteiger partial charge in [0.2, 0.25) is 5.91 Å². The van der Waals surface area contributed by atoms with E-state index < -0.39 is 24.0 Å². The highest BCUT2D eigenvalue weighted by molar-refractivity contribution is 6.41. The van der Waals surface area contributed by atoms with Crippen molar-refractivity contribution in [1.82, 2.24) is 20.4 Å². The number of aromatic nitrogens is 2. The maximum absolute atomic E-state index is 11.6. The van der Waals surface area contributed by atoms with Crippen LogP contribution >= 0.6 is 23.2 Å². The Morgan fingerprint density at radius 1 is 1.45 bits per heavy atom. The standard InChI is InChI=1S/C11H14Cl2N4O3/c1-3-6(2)15-11(20)16-8(18)5-17-10(19)9(13)7(12)4-14-17/h4,6H,3,5H2,1-2H3,(H2,15,16,18,20)/t6-/m1/s1. The van der Waals surface area contributed by atoms with Crippen molar-refractivity contribution in [3.8, 4) is 0 Å². The number of nitrogens with one attached hydrogen (secondary N) is 2. The van der Waals surface area contributed by atoms with Crippen LogP contribution in [0.3, 0.4) is 0 Å². The lowest BCUT2D eigenvalue weighted by Gasteiger charge is -2.12. The fourth-order valence-electron chi connectivity index (χ4n) is 1.22. The van der Waals surface area contributed by atoms with Crippen molar-refractivity contribution < 1.29 is 9.59 Å². The minimum Gasteiger partial charge on any atom is -0.335 e. The zero-order valence-corrected chi connectivity index (χ0v) is 12.5. The van der Waals surface area contributed by atoms with E-state index in [9.17, 15) is 14.4 Å². The van der Waals surface area contributed by atoms with Crippen LogP contribution in [0.15, 0.2) is 11.0 Å². The van der Waals surface area contributed by atoms with Gasteiger partial charge < -0.3 is 5.32 Å². The Bertz CT molecular complexity index is 573. The third kappa shape index (κ3) is 4.50. The minimum absolute atomic E-state index is 0.00263. The zero-order valence-electron chi connectivity index (χ0n) is 10.9. The summed E-state index contributed by atoms with van der Waals surface area (Å²) in [6.07, 6.45) is 1.88. The molecule has 110 valence electrons. The van der Waals surface area contributed by atoms with Crippen molar-refractivity contribution >= 4 is 35.1 Å². The molecule has 2 N–H and O–H groups in total. The van der Waals surface area contributed by atoms with Crippen LogP contribution in [0.5, 0.6) is 0 Å². The van der Waals surface area contributed by atoms with Gasteiger partial charge in [0.05, 0.1) is 11.2 Å². The summed E-state index contributed by atoms with van der Waals surface area (Å²) in [5, 5.41) is 8.08. The summed E-state index contributed by atoms with van der Waals surface area (Å²) in [4.78, 5) is 34.7. The molecule has 1 aromatic heterocycles. The Kier molecular flexibility index (Phi) is 5.97. The Labute approximate surface area is 125 Å². The van der Waals surface area contributed by atoms with Crippen molar-refractivity contribution in [2.45, 2.75) is 32.9 Å². The van der Waals surface area contributed by atoms with Crippen molar-refractivity contribution in [3.05, 3.63) is 26.6 Å². The molecular weight excluding hydrogens is 307 g/mol. The lowest BCUT2D eigenvalue weighted by Crippen LogP contribution is -2.45. The van der Waals surface area contributed by atoms with E-state index in [2.05, 4.69) is 15.7 Å². The fraction of sp³-hybridized carbons (Fsp3) is 0.455. The number of amides is 3. The Hall–Kier alpha value is -1.60. The van der Waals surface area contributed by atoms with Gasteiger partial charge in [-0.1, -0.05) is 30.1 Å². The minimum atomic E-state index is -0.698. The Morgan fingerprint density at radius 3 is 2.70 bits per heavy atom. The van der Waals surface area contributed by atoms with E-state index >= 15 is 0 Å². The van der Waals surface area contributed by atoms with Crippen LogP contribution in [0.1, 0.15) is 20.3 Å². The predicted octanol–water partition coefficient (Wildman–Crippen LogP) is 1.17. The van der Waals surface area contributed by atoms with Crippen molar-refractivity contribution in [2.24, 2.45) is 0 Å². The summed E-state index contributed by atoms with van der Waals surface area (Å²) in [6, 6.07) is -0.689. The molecule has 0 saturated heterocycles. The van der Waals surface area contributed by atoms with Gasteiger partial charge in [-0.05, 0) is 13.3 Å². The Balaban J connectivity index is 2.66. The Morgan fingerprint density at radius 2 is 2.10 bits per heavy atom. The van der Waals surface area contributed by atoms with Crippen LogP contribution in [0.2, 0.25) is 10.0 Å². The molecule has 0 spiro atoms. The van der Waals surface area contributed by atoms with Gasteiger partial charge in [-0.15, -0.1) is 0 Å². The SMILES string of the molecule is CC[C@@H](C)NC(=O)NC(=O)Cn1ncc(Cl)c(Cl)c1=O. The summed E-state index contributed by atoms with van der Waals surface area (Å²) in [6.45, 7) is 3.27. The average Bonchev–Trinajstić information content (AvgIpc) is 2.39. The fourth-order valence-corrected chi connectivity index (χ4v) is 1.49. The summed E-state index contributed by atoms with van der Waals surface area (Å²) < 4.78 is 0.820. The zero-order chi connectivity index (χ0) is 15.3. The van der Waals surface area contributed by atoms with E-state index in [1.807, 2.05) is 6.92 Å². The molecule has 0 aromatic carbocycles. The van der Waals surface area contributed by atoms with E-state index in [4.69, 9.17) is 23.2 Å². The molecule has 0 aliphatic carbocycles. The highest BCUT2D eigenvalue weighted by Gasteiger charge is 2.13. The first-order valence-electron chi connectivity index (χ1n) is 5.86. The summed E-state index contributed by atoms with van der Waals surface area (Å²) >= 11 is 11.3. The summed E-state index contributed by atoms with van der Waals surface area (Å²) in [5.74, 6) is -0.682. The second-order valence-electron chi connectivity index (χ2n) is 4.10. The number of hydrogen-bond donors (Lipinski definition) is 2. The molecule has 0 fully saturated rings. The first kappa shape index (κ1) is 16.5. The first-order chi connectivity index (χ1) is 9.35. The van der Waals surface area contributed by atoms with Gasteiger partial charge in [0.15, 0.2) is 0 Å². The average molecular weight is 321 g/mol. The van der Waals surface area contributed by atoms with Gasteiger partial charge in [0.1, 0.15) is 11.6 Å². The van der Waals surface area contributed by atoms with Crippen LogP contribution in [-0.2, 0) is 11.3 Å². The quantitative estimate of drug-likeness (QED) is 0.871. The molecule has 3 amide bonds. The molecule has 0 saturated carbocycles. The van der Waals surface area contributed by atoms with Crippen molar-refractivity contribution in [3.63, 3.8) is 0 Å². The van der Waals surface area contributed by atoms with Gasteiger partial charge >= 0.3 is 6.03 Å². The predicted molar refractivity (Wildman–Crippen MR) is 74.9 cm³/mol. The second-order valence-corrected chi connectivity index (χ2v) is 4.89. The van der Waals surface area contributed by atoms with Gasteiger partial charge in [0, 0.05) is 6.04 Å². The maximum Gasteiger partial charge on any atom is 0.321 e. The van der Waals surface area contributed by atoms with Crippen LogP contribution in [-0.4, -0.2) is 27.8 Å². The number of imide groups is 1. The number of nitrogens with zero attached hydrogens (tertiary/aromatic N) is 2. The third-order valence-corrected chi connectivity index (χ3v) is 3.23. The molecular formula is C11H14Cl2N4O3. The molecule has 1 rings (SSSR count). The van der Waals surface area contributed by atoms with Gasteiger partial charge in [0.25, 0.3) is 5.56 Å². The topological polar surface area (TPSA) is 93.1 Å². The lowest BCUT2D eigenvalue weighted by molar-refractivity contribution is -0.120. The molecule has 0 radical (unpaired) electrons. The highest BCUT2D eigenvalue weighted by atomic mass is 35.5. The summed E-state index contributed by atoms with van der Waals surface area (Å²) in [5.41, 5.74) is -0.698. The molecule has 0 aliphatic rings. The van der Waals surface area contributed by atoms with Crippen LogP contribution in [0, 0.1) is 0 Å². The number of hydrogen-bond acceptors (Lipinski definition) is 4. The van der Waals surface area contributed by atoms with Crippen molar-refractivity contribution in [2.75, 3.05) is 0 Å². The van der Waals surface area contributed by atoms with Gasteiger partial charge in [-0.3, -0.25) is 14.9 Å². The van der Waals surface area contributed by atoms with Crippen LogP contribution in [0.25, 0.3) is 0 Å². The van der Waals surface area contributed by atoms with E-state index in [0.29, 0.717) is 0 Å². The van der Waals surface area contributed by atoms with Crippen molar-refractivity contribution in [1.29, 1.82) is 0 Å². The van der Waals surface area contributed by atoms with Gasteiger partial charge in [-0.2, -0.15) is 5.10 Å². The number of carbonyl (C=O) groups is 2. The second kappa shape index (κ2) is 7.25. The molecule has 1 heterocycles. The third-order valence-electron chi connectivity index (χ3n) is 2.48. The number of halogens is 2. The van der Waals surface area contributed by atoms with E-state index in [1.54, 1.807) is 6.92 Å². The van der Waals surface area contributed by atoms with Gasteiger partial charge in [-0.25, -0.2) is 9.48 Å². The largest absolute Gasteiger partial charge is 0.335 e. The maximum atomic E-state index is 11.6. The van der Waals surface area contributed by atoms with E-state index in [0.717, 1.165) is 17.3 Å². The molecule has 7 nitrogen and oxygen atoms in total. The molecule has 0 unspecified atom stereocenters. The molecule has 1 atom stereocenters. The lowest BCUT2D eigenvalue weighted by atomic mass is 10.3. The van der Waals surface area contributed by atoms with E-state index in [-0.39, 0.29) is 16.1 Å². The number of carbonyl (C=O) groups excluding carboxylic acids is 2. The number of urea groups is 1. The first-order valence-corrected chi connectivity index (χ1v) is 6.62. The smallest absolute Gasteiger partial charge is 0.321 e. The normalized spacial score (nSPS) is 11.8. The molecule has 9 heteroatoms. The molecule has 0 aliphatic heterocycles.